The van der Waals surface area contributed by atoms with Crippen LogP contribution in [0.1, 0.15) is 22.3 Å². The van der Waals surface area contributed by atoms with Gasteiger partial charge in [-0.3, -0.25) is 14.5 Å². The standard InChI is InChI=1S/C21H25BrClF2N3O3Si/c1-32(2,3)7-6-31-12-28-20(15(11-29)19(22)26-28)27-5-4-14(21(27)30)8-13-9-16(24)18(23)17(25)10-13/h9-11,14H,4-8,12H2,1-3H3. The minimum Gasteiger partial charge on any atom is -0.359 e. The molecule has 6 nitrogen and oxygen atoms in total. The van der Waals surface area contributed by atoms with E-state index in [0.717, 1.165) is 18.2 Å². The third-order valence-electron chi connectivity index (χ3n) is 5.34. The Morgan fingerprint density at radius 1 is 1.31 bits per heavy atom. The van der Waals surface area contributed by atoms with Gasteiger partial charge in [-0.1, -0.05) is 31.2 Å². The van der Waals surface area contributed by atoms with Crippen LogP contribution in [0.25, 0.3) is 0 Å². The van der Waals surface area contributed by atoms with Gasteiger partial charge in [0.05, 0.1) is 5.56 Å². The molecule has 32 heavy (non-hydrogen) atoms. The van der Waals surface area contributed by atoms with Crippen molar-refractivity contribution in [2.45, 2.75) is 45.3 Å². The summed E-state index contributed by atoms with van der Waals surface area (Å²) in [6.07, 6.45) is 1.29. The number of halogens is 4. The van der Waals surface area contributed by atoms with Crippen LogP contribution >= 0.6 is 27.5 Å². The Labute approximate surface area is 200 Å². The molecule has 11 heteroatoms. The highest BCUT2D eigenvalue weighted by molar-refractivity contribution is 9.10. The number of ether oxygens (including phenoxy) is 1. The van der Waals surface area contributed by atoms with E-state index in [9.17, 15) is 18.4 Å². The van der Waals surface area contributed by atoms with Crippen LogP contribution in [0.3, 0.4) is 0 Å². The molecule has 3 rings (SSSR count). The lowest BCUT2D eigenvalue weighted by atomic mass is 9.98. The van der Waals surface area contributed by atoms with Crippen LogP contribution in [0.2, 0.25) is 30.7 Å². The maximum Gasteiger partial charge on any atom is 0.231 e. The second-order valence-electron chi connectivity index (χ2n) is 9.05. The van der Waals surface area contributed by atoms with Crippen molar-refractivity contribution in [3.63, 3.8) is 0 Å². The fraction of sp³-hybridized carbons (Fsp3) is 0.476. The van der Waals surface area contributed by atoms with E-state index in [1.807, 2.05) is 0 Å². The van der Waals surface area contributed by atoms with Crippen LogP contribution < -0.4 is 4.90 Å². The lowest BCUT2D eigenvalue weighted by molar-refractivity contribution is -0.120. The topological polar surface area (TPSA) is 64.4 Å². The predicted molar refractivity (Wildman–Crippen MR) is 125 cm³/mol. The van der Waals surface area contributed by atoms with Gasteiger partial charge >= 0.3 is 0 Å². The van der Waals surface area contributed by atoms with Crippen molar-refractivity contribution < 1.29 is 23.1 Å². The van der Waals surface area contributed by atoms with E-state index < -0.39 is 30.6 Å². The first-order chi connectivity index (χ1) is 15.0. The van der Waals surface area contributed by atoms with Crippen molar-refractivity contribution in [1.29, 1.82) is 0 Å². The largest absolute Gasteiger partial charge is 0.359 e. The summed E-state index contributed by atoms with van der Waals surface area (Å²) in [6.45, 7) is 7.77. The third kappa shape index (κ3) is 5.65. The highest BCUT2D eigenvalue weighted by Gasteiger charge is 2.36. The molecule has 0 N–H and O–H groups in total. The third-order valence-corrected chi connectivity index (χ3v) is 7.99. The fourth-order valence-electron chi connectivity index (χ4n) is 3.59. The van der Waals surface area contributed by atoms with Crippen LogP contribution in [0.15, 0.2) is 16.7 Å². The van der Waals surface area contributed by atoms with Gasteiger partial charge in [-0.25, -0.2) is 13.5 Å². The minimum atomic E-state index is -1.26. The van der Waals surface area contributed by atoms with Gasteiger partial charge in [0.2, 0.25) is 5.91 Å². The summed E-state index contributed by atoms with van der Waals surface area (Å²) in [4.78, 5) is 26.4. The van der Waals surface area contributed by atoms with Crippen molar-refractivity contribution >= 4 is 53.6 Å². The molecule has 1 aromatic heterocycles. The van der Waals surface area contributed by atoms with Crippen molar-refractivity contribution in [2.24, 2.45) is 5.92 Å². The van der Waals surface area contributed by atoms with Gasteiger partial charge in [-0.15, -0.1) is 0 Å². The number of hydrogen-bond acceptors (Lipinski definition) is 4. The van der Waals surface area contributed by atoms with Crippen LogP contribution in [0.5, 0.6) is 0 Å². The SMILES string of the molecule is C[Si](C)(C)CCOCn1nc(Br)c(C=O)c1N1CCC(Cc2cc(F)c(Cl)c(F)c2)C1=O. The van der Waals surface area contributed by atoms with Gasteiger partial charge in [0.25, 0.3) is 0 Å². The molecule has 1 fully saturated rings. The summed E-state index contributed by atoms with van der Waals surface area (Å²) in [5.74, 6) is -2.07. The smallest absolute Gasteiger partial charge is 0.231 e. The Morgan fingerprint density at radius 3 is 2.56 bits per heavy atom. The molecule has 1 amide bonds. The zero-order chi connectivity index (χ0) is 23.6. The summed E-state index contributed by atoms with van der Waals surface area (Å²) in [5, 5.41) is 3.75. The molecule has 1 aliphatic rings. The molecule has 0 radical (unpaired) electrons. The molecule has 0 aliphatic carbocycles. The van der Waals surface area contributed by atoms with Crippen molar-refractivity contribution in [3.05, 3.63) is 44.5 Å². The number of rotatable bonds is 9. The zero-order valence-electron chi connectivity index (χ0n) is 18.1. The number of aldehydes is 1. The first kappa shape index (κ1) is 25.0. The average Bonchev–Trinajstić information content (AvgIpc) is 3.21. The Bertz CT molecular complexity index is 1010. The van der Waals surface area contributed by atoms with Crippen LogP contribution in [-0.4, -0.2) is 43.2 Å². The second kappa shape index (κ2) is 10.1. The summed E-state index contributed by atoms with van der Waals surface area (Å²) in [7, 11) is -1.26. The molecule has 2 heterocycles. The number of carbonyl (C=O) groups is 2. The number of anilines is 1. The molecule has 1 saturated heterocycles. The Morgan fingerprint density at radius 2 is 1.97 bits per heavy atom. The van der Waals surface area contributed by atoms with E-state index in [1.54, 1.807) is 0 Å². The molecule has 2 aromatic rings. The number of carbonyl (C=O) groups excluding carboxylic acids is 2. The number of hydrogen-bond donors (Lipinski definition) is 0. The maximum absolute atomic E-state index is 13.8. The summed E-state index contributed by atoms with van der Waals surface area (Å²) < 4.78 is 35.2. The van der Waals surface area contributed by atoms with Crippen molar-refractivity contribution in [2.75, 3.05) is 18.1 Å². The lowest BCUT2D eigenvalue weighted by Gasteiger charge is -2.20. The van der Waals surface area contributed by atoms with E-state index in [1.165, 1.54) is 9.58 Å². The molecule has 1 aromatic carbocycles. The molecule has 174 valence electrons. The van der Waals surface area contributed by atoms with Gasteiger partial charge in [0, 0.05) is 27.1 Å². The molecule has 0 saturated carbocycles. The molecule has 0 bridgehead atoms. The quantitative estimate of drug-likeness (QED) is 0.185. The Kier molecular flexibility index (Phi) is 7.90. The molecule has 1 atom stereocenters. The van der Waals surface area contributed by atoms with Gasteiger partial charge in [-0.05, 0) is 52.5 Å². The van der Waals surface area contributed by atoms with E-state index in [2.05, 4.69) is 40.7 Å². The second-order valence-corrected chi connectivity index (χ2v) is 15.8. The highest BCUT2D eigenvalue weighted by Crippen LogP contribution is 2.33. The summed E-state index contributed by atoms with van der Waals surface area (Å²) in [6, 6.07) is 3.26. The summed E-state index contributed by atoms with van der Waals surface area (Å²) in [5.41, 5.74) is 0.612. The van der Waals surface area contributed by atoms with Crippen LogP contribution in [0, 0.1) is 17.6 Å². The van der Waals surface area contributed by atoms with Gasteiger partial charge in [-0.2, -0.15) is 5.10 Å². The van der Waals surface area contributed by atoms with E-state index in [4.69, 9.17) is 16.3 Å². The highest BCUT2D eigenvalue weighted by atomic mass is 79.9. The minimum absolute atomic E-state index is 0.105. The molecular formula is C21H25BrClF2N3O3Si. The Balaban J connectivity index is 1.77. The Hall–Kier alpha value is -1.62. The van der Waals surface area contributed by atoms with Crippen LogP contribution in [-0.2, 0) is 22.7 Å². The monoisotopic (exact) mass is 547 g/mol. The van der Waals surface area contributed by atoms with Gasteiger partial charge in [0.1, 0.15) is 33.8 Å². The maximum atomic E-state index is 13.8. The predicted octanol–water partition coefficient (Wildman–Crippen LogP) is 5.30. The van der Waals surface area contributed by atoms with Crippen molar-refractivity contribution in [3.8, 4) is 0 Å². The van der Waals surface area contributed by atoms with Crippen LogP contribution in [0.4, 0.5) is 14.6 Å². The number of benzene rings is 1. The normalized spacial score (nSPS) is 16.8. The van der Waals surface area contributed by atoms with E-state index >= 15 is 0 Å². The molecule has 1 unspecified atom stereocenters. The summed E-state index contributed by atoms with van der Waals surface area (Å²) >= 11 is 8.83. The van der Waals surface area contributed by atoms with Gasteiger partial charge in [0.15, 0.2) is 6.29 Å². The number of amides is 1. The lowest BCUT2D eigenvalue weighted by Crippen LogP contribution is -2.31. The van der Waals surface area contributed by atoms with Gasteiger partial charge < -0.3 is 4.74 Å². The number of nitrogens with zero attached hydrogens (tertiary/aromatic N) is 3. The first-order valence-electron chi connectivity index (χ1n) is 10.3. The first-order valence-corrected chi connectivity index (χ1v) is 15.1. The molecule has 0 spiro atoms. The van der Waals surface area contributed by atoms with E-state index in [0.29, 0.717) is 41.8 Å². The molecular weight excluding hydrogens is 524 g/mol. The number of aromatic nitrogens is 2. The fourth-order valence-corrected chi connectivity index (χ4v) is 4.92. The molecule has 1 aliphatic heterocycles. The van der Waals surface area contributed by atoms with E-state index in [-0.39, 0.29) is 24.6 Å². The van der Waals surface area contributed by atoms with Crippen molar-refractivity contribution in [1.82, 2.24) is 9.78 Å². The zero-order valence-corrected chi connectivity index (χ0v) is 21.5. The average molecular weight is 549 g/mol.